The number of benzene rings is 1. The van der Waals surface area contributed by atoms with Gasteiger partial charge in [-0.15, -0.1) is 11.3 Å². The van der Waals surface area contributed by atoms with Crippen molar-refractivity contribution in [3.05, 3.63) is 28.8 Å². The van der Waals surface area contributed by atoms with Gasteiger partial charge in [0.25, 0.3) is 0 Å². The number of halogens is 1. The molecule has 1 aliphatic heterocycles. The fourth-order valence-corrected chi connectivity index (χ4v) is 3.16. The minimum Gasteiger partial charge on any atom is -0.391 e. The summed E-state index contributed by atoms with van der Waals surface area (Å²) in [6.07, 6.45) is 0. The van der Waals surface area contributed by atoms with Gasteiger partial charge in [-0.05, 0) is 17.5 Å². The molecule has 3 rings (SSSR count). The van der Waals surface area contributed by atoms with E-state index in [4.69, 9.17) is 17.3 Å². The van der Waals surface area contributed by atoms with E-state index in [1.165, 1.54) is 0 Å². The number of nitrogens with one attached hydrogen (secondary N) is 1. The number of nitrogen functional groups attached to an aromatic ring is 1. The second kappa shape index (κ2) is 3.64. The smallest absolute Gasteiger partial charge is 0.131 e. The summed E-state index contributed by atoms with van der Waals surface area (Å²) in [7, 11) is 0. The van der Waals surface area contributed by atoms with Crippen LogP contribution in [-0.4, -0.2) is 18.9 Å². The summed E-state index contributed by atoms with van der Waals surface area (Å²) >= 11 is 7.79. The van der Waals surface area contributed by atoms with Crippen molar-refractivity contribution < 1.29 is 0 Å². The highest BCUT2D eigenvalue weighted by molar-refractivity contribution is 7.23. The van der Waals surface area contributed by atoms with Crippen LogP contribution in [0.3, 0.4) is 0 Å². The number of nitrogens with two attached hydrogens (primary N) is 1. The Balaban J connectivity index is 2.31. The monoisotopic (exact) mass is 251 g/mol. The van der Waals surface area contributed by atoms with E-state index in [9.17, 15) is 0 Å². The maximum Gasteiger partial charge on any atom is 0.131 e. The van der Waals surface area contributed by atoms with Crippen LogP contribution in [0.4, 0.5) is 5.00 Å². The highest BCUT2D eigenvalue weighted by atomic mass is 35.5. The molecule has 2 heterocycles. The van der Waals surface area contributed by atoms with Crippen molar-refractivity contribution in [2.24, 2.45) is 4.99 Å². The Morgan fingerprint density at radius 2 is 2.31 bits per heavy atom. The van der Waals surface area contributed by atoms with Gasteiger partial charge in [-0.25, -0.2) is 0 Å². The first kappa shape index (κ1) is 9.93. The van der Waals surface area contributed by atoms with Crippen molar-refractivity contribution in [2.45, 2.75) is 0 Å². The topological polar surface area (TPSA) is 50.4 Å². The molecule has 82 valence electrons. The van der Waals surface area contributed by atoms with Crippen molar-refractivity contribution in [2.75, 3.05) is 18.8 Å². The average Bonchev–Trinajstić information content (AvgIpc) is 2.85. The number of rotatable bonds is 1. The molecule has 5 heteroatoms. The third kappa shape index (κ3) is 1.45. The molecule has 1 aliphatic rings. The summed E-state index contributed by atoms with van der Waals surface area (Å²) in [5, 5.41) is 5.90. The molecule has 1 aromatic carbocycles. The zero-order chi connectivity index (χ0) is 11.1. The molecule has 16 heavy (non-hydrogen) atoms. The van der Waals surface area contributed by atoms with Gasteiger partial charge in [0.15, 0.2) is 0 Å². The summed E-state index contributed by atoms with van der Waals surface area (Å²) in [6, 6.07) is 5.85. The molecule has 1 aromatic heterocycles. The van der Waals surface area contributed by atoms with Crippen molar-refractivity contribution in [1.29, 1.82) is 0 Å². The summed E-state index contributed by atoms with van der Waals surface area (Å²) in [4.78, 5) is 4.41. The standard InChI is InChI=1S/C11H10ClN3S/c12-7-2-1-6-5-8(13)16-10(6)9(7)11-14-3-4-15-11/h1-2,5H,3-4,13H2,(H,14,15). The molecular weight excluding hydrogens is 242 g/mol. The molecule has 0 aliphatic carbocycles. The Morgan fingerprint density at radius 3 is 3.06 bits per heavy atom. The lowest BCUT2D eigenvalue weighted by atomic mass is 10.1. The molecule has 2 aromatic rings. The molecule has 0 saturated carbocycles. The van der Waals surface area contributed by atoms with Crippen LogP contribution in [0, 0.1) is 0 Å². The molecular formula is C11H10ClN3S. The first-order valence-electron chi connectivity index (χ1n) is 5.02. The predicted octanol–water partition coefficient (Wildman–Crippen LogP) is 2.49. The van der Waals surface area contributed by atoms with E-state index in [0.717, 1.165) is 44.6 Å². The van der Waals surface area contributed by atoms with Gasteiger partial charge >= 0.3 is 0 Å². The molecule has 0 amide bonds. The van der Waals surface area contributed by atoms with Crippen LogP contribution in [0.5, 0.6) is 0 Å². The van der Waals surface area contributed by atoms with Gasteiger partial charge in [0.2, 0.25) is 0 Å². The average molecular weight is 252 g/mol. The number of nitrogens with zero attached hydrogens (tertiary/aromatic N) is 1. The van der Waals surface area contributed by atoms with Gasteiger partial charge in [-0.1, -0.05) is 17.7 Å². The van der Waals surface area contributed by atoms with Gasteiger partial charge in [0.05, 0.1) is 22.1 Å². The second-order valence-corrected chi connectivity index (χ2v) is 5.14. The van der Waals surface area contributed by atoms with Gasteiger partial charge in [-0.2, -0.15) is 0 Å². The summed E-state index contributed by atoms with van der Waals surface area (Å²) < 4.78 is 1.11. The maximum absolute atomic E-state index is 6.24. The van der Waals surface area contributed by atoms with Crippen molar-refractivity contribution in [3.63, 3.8) is 0 Å². The van der Waals surface area contributed by atoms with Gasteiger partial charge < -0.3 is 11.1 Å². The summed E-state index contributed by atoms with van der Waals surface area (Å²) in [5.74, 6) is 0.887. The Bertz CT molecular complexity index is 588. The molecule has 0 radical (unpaired) electrons. The molecule has 0 unspecified atom stereocenters. The first-order valence-corrected chi connectivity index (χ1v) is 6.21. The molecule has 3 nitrogen and oxygen atoms in total. The SMILES string of the molecule is Nc1cc2ccc(Cl)c(C3=NCCN3)c2s1. The van der Waals surface area contributed by atoms with Crippen LogP contribution in [0.25, 0.3) is 10.1 Å². The Labute approximate surface area is 102 Å². The van der Waals surface area contributed by atoms with E-state index in [-0.39, 0.29) is 0 Å². The molecule has 0 spiro atoms. The normalized spacial score (nSPS) is 15.2. The number of anilines is 1. The van der Waals surface area contributed by atoms with Crippen LogP contribution < -0.4 is 11.1 Å². The zero-order valence-electron chi connectivity index (χ0n) is 8.46. The third-order valence-electron chi connectivity index (χ3n) is 2.57. The quantitative estimate of drug-likeness (QED) is 0.818. The van der Waals surface area contributed by atoms with Crippen molar-refractivity contribution in [1.82, 2.24) is 5.32 Å². The number of aliphatic imine (C=N–C) groups is 1. The maximum atomic E-state index is 6.24. The van der Waals surface area contributed by atoms with E-state index in [1.54, 1.807) is 11.3 Å². The fraction of sp³-hybridized carbons (Fsp3) is 0.182. The second-order valence-electron chi connectivity index (χ2n) is 3.65. The van der Waals surface area contributed by atoms with Crippen molar-refractivity contribution >= 4 is 43.9 Å². The number of hydrogen-bond donors (Lipinski definition) is 2. The van der Waals surface area contributed by atoms with E-state index in [1.807, 2.05) is 18.2 Å². The van der Waals surface area contributed by atoms with Crippen LogP contribution in [0.1, 0.15) is 5.56 Å². The van der Waals surface area contributed by atoms with E-state index in [0.29, 0.717) is 0 Å². The third-order valence-corrected chi connectivity index (χ3v) is 3.88. The van der Waals surface area contributed by atoms with Gasteiger partial charge in [-0.3, -0.25) is 4.99 Å². The van der Waals surface area contributed by atoms with Gasteiger partial charge in [0.1, 0.15) is 5.84 Å². The van der Waals surface area contributed by atoms with E-state index in [2.05, 4.69) is 10.3 Å². The zero-order valence-corrected chi connectivity index (χ0v) is 10.0. The van der Waals surface area contributed by atoms with Crippen LogP contribution >= 0.6 is 22.9 Å². The minimum absolute atomic E-state index is 0.725. The highest BCUT2D eigenvalue weighted by Crippen LogP contribution is 2.34. The van der Waals surface area contributed by atoms with Crippen LogP contribution in [-0.2, 0) is 0 Å². The lowest BCUT2D eigenvalue weighted by Gasteiger charge is -2.06. The molecule has 0 atom stereocenters. The Kier molecular flexibility index (Phi) is 2.26. The predicted molar refractivity (Wildman–Crippen MR) is 70.7 cm³/mol. The number of hydrogen-bond acceptors (Lipinski definition) is 4. The van der Waals surface area contributed by atoms with Gasteiger partial charge in [0, 0.05) is 11.2 Å². The first-order chi connectivity index (χ1) is 7.75. The summed E-state index contributed by atoms with van der Waals surface area (Å²) in [6.45, 7) is 1.69. The minimum atomic E-state index is 0.725. The highest BCUT2D eigenvalue weighted by Gasteiger charge is 2.16. The number of amidine groups is 1. The molecule has 0 saturated heterocycles. The molecule has 3 N–H and O–H groups in total. The summed E-state index contributed by atoms with van der Waals surface area (Å²) in [5.41, 5.74) is 6.81. The van der Waals surface area contributed by atoms with Crippen LogP contribution in [0.2, 0.25) is 5.02 Å². The van der Waals surface area contributed by atoms with Crippen LogP contribution in [0.15, 0.2) is 23.2 Å². The Morgan fingerprint density at radius 1 is 1.44 bits per heavy atom. The molecule has 0 fully saturated rings. The molecule has 0 bridgehead atoms. The van der Waals surface area contributed by atoms with Crippen molar-refractivity contribution in [3.8, 4) is 0 Å². The van der Waals surface area contributed by atoms with E-state index < -0.39 is 0 Å². The fourth-order valence-electron chi connectivity index (χ4n) is 1.88. The number of thiophene rings is 1. The lowest BCUT2D eigenvalue weighted by molar-refractivity contribution is 0.960. The Hall–Kier alpha value is -1.26. The lowest BCUT2D eigenvalue weighted by Crippen LogP contribution is -2.19. The van der Waals surface area contributed by atoms with E-state index >= 15 is 0 Å². The largest absolute Gasteiger partial charge is 0.391 e. The number of fused-ring (bicyclic) bond motifs is 1.